The van der Waals surface area contributed by atoms with Gasteiger partial charge < -0.3 is 9.47 Å². The topological polar surface area (TPSA) is 38.1 Å². The second kappa shape index (κ2) is 8.29. The van der Waals surface area contributed by atoms with E-state index in [1.165, 1.54) is 17.7 Å². The highest BCUT2D eigenvalue weighted by Gasteiger charge is 2.25. The number of thiophene rings is 1. The summed E-state index contributed by atoms with van der Waals surface area (Å²) in [5.74, 6) is 0.334. The SMILES string of the molecule is O=C(CCCn1ccnc1)N1CCCC[C@H]1CCc1cccs1. The molecule has 1 fully saturated rings. The van der Waals surface area contributed by atoms with Gasteiger partial charge >= 0.3 is 0 Å². The van der Waals surface area contributed by atoms with Gasteiger partial charge in [-0.05, 0) is 50.0 Å². The highest BCUT2D eigenvalue weighted by Crippen LogP contribution is 2.23. The Kier molecular flexibility index (Phi) is 5.86. The summed E-state index contributed by atoms with van der Waals surface area (Å²) < 4.78 is 2.04. The fourth-order valence-corrected chi connectivity index (χ4v) is 4.09. The largest absolute Gasteiger partial charge is 0.340 e. The fraction of sp³-hybridized carbons (Fsp3) is 0.556. The monoisotopic (exact) mass is 331 g/mol. The maximum Gasteiger partial charge on any atom is 0.222 e. The molecule has 2 aromatic rings. The number of rotatable bonds is 7. The standard InChI is InChI=1S/C18H25N3OS/c22-18(7-3-11-20-13-10-19-15-20)21-12-2-1-5-16(21)8-9-17-6-4-14-23-17/h4,6,10,13-16H,1-3,5,7-9,11-12H2/t16-/m0/s1. The lowest BCUT2D eigenvalue weighted by Crippen LogP contribution is -2.43. The van der Waals surface area contributed by atoms with Crippen molar-refractivity contribution in [3.05, 3.63) is 41.1 Å². The van der Waals surface area contributed by atoms with E-state index in [0.717, 1.165) is 38.8 Å². The molecule has 4 nitrogen and oxygen atoms in total. The number of aromatic nitrogens is 2. The Morgan fingerprint density at radius 2 is 2.35 bits per heavy atom. The van der Waals surface area contributed by atoms with E-state index in [1.54, 1.807) is 6.20 Å². The van der Waals surface area contributed by atoms with E-state index >= 15 is 0 Å². The lowest BCUT2D eigenvalue weighted by molar-refractivity contribution is -0.135. The third kappa shape index (κ3) is 4.67. The van der Waals surface area contributed by atoms with Crippen molar-refractivity contribution in [2.24, 2.45) is 0 Å². The van der Waals surface area contributed by atoms with E-state index in [2.05, 4.69) is 27.4 Å². The van der Waals surface area contributed by atoms with Crippen molar-refractivity contribution in [1.82, 2.24) is 14.5 Å². The van der Waals surface area contributed by atoms with Crippen molar-refractivity contribution in [1.29, 1.82) is 0 Å². The molecule has 1 aliphatic heterocycles. The van der Waals surface area contributed by atoms with Crippen LogP contribution < -0.4 is 0 Å². The number of piperidine rings is 1. The molecular formula is C18H25N3OS. The summed E-state index contributed by atoms with van der Waals surface area (Å²) in [6, 6.07) is 4.75. The third-order valence-electron chi connectivity index (χ3n) is 4.62. The summed E-state index contributed by atoms with van der Waals surface area (Å²) >= 11 is 1.82. The van der Waals surface area contributed by atoms with Gasteiger partial charge in [-0.25, -0.2) is 4.98 Å². The maximum atomic E-state index is 12.6. The van der Waals surface area contributed by atoms with Crippen LogP contribution >= 0.6 is 11.3 Å². The number of nitrogens with zero attached hydrogens (tertiary/aromatic N) is 3. The zero-order chi connectivity index (χ0) is 15.9. The molecule has 0 spiro atoms. The summed E-state index contributed by atoms with van der Waals surface area (Å²) in [6.07, 6.45) is 12.9. The Hall–Kier alpha value is -1.62. The van der Waals surface area contributed by atoms with Gasteiger partial charge in [-0.3, -0.25) is 4.79 Å². The third-order valence-corrected chi connectivity index (χ3v) is 5.55. The van der Waals surface area contributed by atoms with Gasteiger partial charge in [0, 0.05) is 42.8 Å². The predicted molar refractivity (Wildman–Crippen MR) is 93.5 cm³/mol. The molecule has 3 rings (SSSR count). The molecule has 2 aromatic heterocycles. The molecule has 0 unspecified atom stereocenters. The molecular weight excluding hydrogens is 306 g/mol. The highest BCUT2D eigenvalue weighted by molar-refractivity contribution is 7.09. The molecule has 0 aromatic carbocycles. The number of hydrogen-bond acceptors (Lipinski definition) is 3. The van der Waals surface area contributed by atoms with Crippen molar-refractivity contribution in [2.75, 3.05) is 6.54 Å². The van der Waals surface area contributed by atoms with Gasteiger partial charge in [0.25, 0.3) is 0 Å². The predicted octanol–water partition coefficient (Wildman–Crippen LogP) is 3.74. The zero-order valence-electron chi connectivity index (χ0n) is 13.6. The number of aryl methyl sites for hydroxylation is 2. The van der Waals surface area contributed by atoms with E-state index in [4.69, 9.17) is 0 Å². The van der Waals surface area contributed by atoms with E-state index in [-0.39, 0.29) is 0 Å². The number of carbonyl (C=O) groups excluding carboxylic acids is 1. The van der Waals surface area contributed by atoms with Crippen LogP contribution in [0.2, 0.25) is 0 Å². The first-order valence-electron chi connectivity index (χ1n) is 8.60. The zero-order valence-corrected chi connectivity index (χ0v) is 14.4. The summed E-state index contributed by atoms with van der Waals surface area (Å²) in [5.41, 5.74) is 0. The Labute approximate surface area is 142 Å². The molecule has 3 heterocycles. The van der Waals surface area contributed by atoms with E-state index in [0.29, 0.717) is 18.4 Å². The first-order chi connectivity index (χ1) is 11.3. The van der Waals surface area contributed by atoms with Crippen LogP contribution in [-0.4, -0.2) is 32.9 Å². The van der Waals surface area contributed by atoms with Gasteiger partial charge in [0.1, 0.15) is 0 Å². The number of imidazole rings is 1. The molecule has 0 N–H and O–H groups in total. The van der Waals surface area contributed by atoms with Crippen LogP contribution in [0.25, 0.3) is 0 Å². The number of hydrogen-bond donors (Lipinski definition) is 0. The minimum atomic E-state index is 0.334. The second-order valence-corrected chi connectivity index (χ2v) is 7.29. The van der Waals surface area contributed by atoms with Crippen LogP contribution in [0, 0.1) is 0 Å². The van der Waals surface area contributed by atoms with Crippen molar-refractivity contribution < 1.29 is 4.79 Å². The first kappa shape index (κ1) is 16.2. The maximum absolute atomic E-state index is 12.6. The Morgan fingerprint density at radius 1 is 1.39 bits per heavy atom. The number of carbonyl (C=O) groups is 1. The fourth-order valence-electron chi connectivity index (χ4n) is 3.37. The molecule has 1 amide bonds. The van der Waals surface area contributed by atoms with Gasteiger partial charge in [-0.1, -0.05) is 6.07 Å². The first-order valence-corrected chi connectivity index (χ1v) is 9.48. The number of likely N-dealkylation sites (tertiary alicyclic amines) is 1. The summed E-state index contributed by atoms with van der Waals surface area (Å²) in [4.78, 5) is 20.2. The smallest absolute Gasteiger partial charge is 0.222 e. The van der Waals surface area contributed by atoms with E-state index < -0.39 is 0 Å². The lowest BCUT2D eigenvalue weighted by Gasteiger charge is -2.36. The van der Waals surface area contributed by atoms with E-state index in [9.17, 15) is 4.79 Å². The van der Waals surface area contributed by atoms with Crippen LogP contribution in [0.3, 0.4) is 0 Å². The molecule has 0 aliphatic carbocycles. The average Bonchev–Trinajstić information content (AvgIpc) is 3.27. The lowest BCUT2D eigenvalue weighted by atomic mass is 9.97. The second-order valence-electron chi connectivity index (χ2n) is 6.26. The summed E-state index contributed by atoms with van der Waals surface area (Å²) in [5, 5.41) is 2.13. The minimum Gasteiger partial charge on any atom is -0.340 e. The molecule has 0 bridgehead atoms. The molecule has 23 heavy (non-hydrogen) atoms. The molecule has 1 atom stereocenters. The van der Waals surface area contributed by atoms with E-state index in [1.807, 2.05) is 28.4 Å². The highest BCUT2D eigenvalue weighted by atomic mass is 32.1. The molecule has 1 aliphatic rings. The van der Waals surface area contributed by atoms with Crippen molar-refractivity contribution in [2.45, 2.75) is 57.5 Å². The van der Waals surface area contributed by atoms with Crippen molar-refractivity contribution in [3.8, 4) is 0 Å². The van der Waals surface area contributed by atoms with Gasteiger partial charge in [-0.2, -0.15) is 0 Å². The van der Waals surface area contributed by atoms with Crippen LogP contribution in [0.1, 0.15) is 43.4 Å². The van der Waals surface area contributed by atoms with Crippen molar-refractivity contribution in [3.63, 3.8) is 0 Å². The summed E-state index contributed by atoms with van der Waals surface area (Å²) in [6.45, 7) is 1.82. The summed E-state index contributed by atoms with van der Waals surface area (Å²) in [7, 11) is 0. The Bertz CT molecular complexity index is 579. The van der Waals surface area contributed by atoms with Crippen molar-refractivity contribution >= 4 is 17.2 Å². The Morgan fingerprint density at radius 3 is 3.13 bits per heavy atom. The molecule has 124 valence electrons. The average molecular weight is 331 g/mol. The quantitative estimate of drug-likeness (QED) is 0.775. The Balaban J connectivity index is 1.47. The molecule has 0 saturated carbocycles. The van der Waals surface area contributed by atoms with Gasteiger partial charge in [-0.15, -0.1) is 11.3 Å². The van der Waals surface area contributed by atoms with Crippen LogP contribution in [0.5, 0.6) is 0 Å². The number of amides is 1. The van der Waals surface area contributed by atoms with Crippen LogP contribution in [-0.2, 0) is 17.8 Å². The van der Waals surface area contributed by atoms with Crippen LogP contribution in [0.4, 0.5) is 0 Å². The van der Waals surface area contributed by atoms with Gasteiger partial charge in [0.2, 0.25) is 5.91 Å². The molecule has 0 radical (unpaired) electrons. The normalized spacial score (nSPS) is 18.3. The van der Waals surface area contributed by atoms with Gasteiger partial charge in [0.05, 0.1) is 6.33 Å². The molecule has 5 heteroatoms. The van der Waals surface area contributed by atoms with Gasteiger partial charge in [0.15, 0.2) is 0 Å². The van der Waals surface area contributed by atoms with Crippen LogP contribution in [0.15, 0.2) is 36.2 Å². The molecule has 1 saturated heterocycles. The minimum absolute atomic E-state index is 0.334.